The molecular weight excluding hydrogens is 789 g/mol. The van der Waals surface area contributed by atoms with Crippen molar-refractivity contribution in [3.8, 4) is 11.5 Å². The Hall–Kier alpha value is -4.40. The molecule has 0 unspecified atom stereocenters. The standard InChI is InChI=1S/C37H44N4O12S3/c1-36(2)19-23(21-55(47,48)49)25-15-27-31(17-29(25)38-36)53-32-18-30-26(24(22-56(50,51)52)20-37(3,4)39-30)16-28(32)34(27)35-40(10-7-5-6-9-33(42)43)12-13-41(35)11-8-14-54(44,45)46/h12-13,15-20H,5-11,14,21-22H2,1-4H3,(H4-,38,39,42,43,44,45,46,47,48,49,50,51,52)/p-1. The van der Waals surface area contributed by atoms with Crippen molar-refractivity contribution in [2.75, 3.05) is 22.6 Å². The molecule has 0 radical (unpaired) electrons. The van der Waals surface area contributed by atoms with Gasteiger partial charge in [0.1, 0.15) is 23.9 Å². The van der Waals surface area contributed by atoms with Gasteiger partial charge >= 0.3 is 5.97 Å². The normalized spacial score (nSPS) is 16.9. The van der Waals surface area contributed by atoms with Gasteiger partial charge in [-0.25, -0.2) is 39.4 Å². The van der Waals surface area contributed by atoms with Gasteiger partial charge in [-0.2, -0.15) is 0 Å². The number of rotatable bonds is 15. The summed E-state index contributed by atoms with van der Waals surface area (Å²) in [6.45, 7) is 7.75. The fourth-order valence-electron chi connectivity index (χ4n) is 7.64. The van der Waals surface area contributed by atoms with Crippen molar-refractivity contribution >= 4 is 58.7 Å². The fourth-order valence-corrected chi connectivity index (χ4v) is 9.36. The Balaban J connectivity index is 1.66. The number of imidazole rings is 1. The quantitative estimate of drug-likeness (QED) is 0.0827. The van der Waals surface area contributed by atoms with Crippen molar-refractivity contribution in [3.05, 3.63) is 81.9 Å². The number of ether oxygens (including phenoxy) is 1. The van der Waals surface area contributed by atoms with Gasteiger partial charge in [-0.3, -0.25) is 4.79 Å². The van der Waals surface area contributed by atoms with Crippen molar-refractivity contribution in [2.24, 2.45) is 0 Å². The summed E-state index contributed by atoms with van der Waals surface area (Å²) < 4.78 is 118. The van der Waals surface area contributed by atoms with Gasteiger partial charge in [-0.1, -0.05) is 6.08 Å². The first kappa shape index (κ1) is 41.2. The number of nitrogens with zero attached hydrogens (tertiary/aromatic N) is 2. The maximum atomic E-state index is 12.2. The minimum atomic E-state index is -4.73. The van der Waals surface area contributed by atoms with Crippen molar-refractivity contribution in [2.45, 2.75) is 84.0 Å². The lowest BCUT2D eigenvalue weighted by Gasteiger charge is -2.34. The van der Waals surface area contributed by atoms with E-state index in [1.807, 2.05) is 32.3 Å². The van der Waals surface area contributed by atoms with Crippen LogP contribution in [0, 0.1) is 0 Å². The van der Waals surface area contributed by atoms with Crippen LogP contribution in [0.1, 0.15) is 82.3 Å². The van der Waals surface area contributed by atoms with Crippen LogP contribution in [0.25, 0.3) is 16.7 Å². The van der Waals surface area contributed by atoms with E-state index in [2.05, 4.69) is 10.3 Å². The summed E-state index contributed by atoms with van der Waals surface area (Å²) in [6, 6.07) is 6.83. The number of aromatic nitrogens is 2. The van der Waals surface area contributed by atoms with Gasteiger partial charge in [0, 0.05) is 54.1 Å². The number of hydrogen-bond acceptors (Lipinski definition) is 12. The Morgan fingerprint density at radius 2 is 1.52 bits per heavy atom. The average molecular weight is 832 g/mol. The highest BCUT2D eigenvalue weighted by molar-refractivity contribution is 7.86. The molecule has 302 valence electrons. The zero-order chi connectivity index (χ0) is 41.0. The van der Waals surface area contributed by atoms with Gasteiger partial charge in [0.25, 0.3) is 5.82 Å². The first-order valence-electron chi connectivity index (χ1n) is 17.9. The number of carbonyl (C=O) groups is 1. The van der Waals surface area contributed by atoms with Gasteiger partial charge in [0.05, 0.1) is 77.7 Å². The Labute approximate surface area is 325 Å². The maximum Gasteiger partial charge on any atom is 0.303 e. The van der Waals surface area contributed by atoms with E-state index in [0.717, 1.165) is 0 Å². The van der Waals surface area contributed by atoms with E-state index >= 15 is 0 Å². The minimum Gasteiger partial charge on any atom is -0.748 e. The molecule has 0 saturated carbocycles. The summed E-state index contributed by atoms with van der Waals surface area (Å²) in [6.07, 6.45) is 8.36. The van der Waals surface area contributed by atoms with Gasteiger partial charge in [0.2, 0.25) is 5.36 Å². The number of unbranched alkanes of at least 4 members (excludes halogenated alkanes) is 2. The lowest BCUT2D eigenvalue weighted by Crippen LogP contribution is -2.89. The molecule has 0 atom stereocenters. The molecule has 0 fully saturated rings. The van der Waals surface area contributed by atoms with Crippen LogP contribution in [0.2, 0.25) is 0 Å². The average Bonchev–Trinajstić information content (AvgIpc) is 3.40. The van der Waals surface area contributed by atoms with Crippen LogP contribution in [0.5, 0.6) is 11.5 Å². The highest BCUT2D eigenvalue weighted by Gasteiger charge is 2.36. The summed E-state index contributed by atoms with van der Waals surface area (Å²) >= 11 is 0. The third kappa shape index (κ3) is 9.75. The monoisotopic (exact) mass is 831 g/mol. The molecule has 3 aromatic rings. The lowest BCUT2D eigenvalue weighted by atomic mass is 9.87. The summed E-state index contributed by atoms with van der Waals surface area (Å²) in [7, 11) is -14.0. The summed E-state index contributed by atoms with van der Waals surface area (Å²) in [4.78, 5) is 14.5. The van der Waals surface area contributed by atoms with Gasteiger partial charge in [-0.15, -0.1) is 0 Å². The van der Waals surface area contributed by atoms with Crippen LogP contribution in [0.15, 0.2) is 48.8 Å². The highest BCUT2D eigenvalue weighted by atomic mass is 32.2. The molecule has 0 bridgehead atoms. The third-order valence-electron chi connectivity index (χ3n) is 9.62. The molecule has 3 N–H and O–H groups in total. The van der Waals surface area contributed by atoms with Gasteiger partial charge in [0.15, 0.2) is 5.54 Å². The van der Waals surface area contributed by atoms with E-state index in [0.29, 0.717) is 81.7 Å². The maximum absolute atomic E-state index is 12.2. The topological polar surface area (TPSA) is 253 Å². The summed E-state index contributed by atoms with van der Waals surface area (Å²) in [5.74, 6) is -1.92. The molecular formula is C37H43N4O12S3-. The van der Waals surface area contributed by atoms with Crippen molar-refractivity contribution in [1.82, 2.24) is 4.57 Å². The molecule has 16 nitrogen and oxygen atoms in total. The van der Waals surface area contributed by atoms with E-state index in [1.54, 1.807) is 53.4 Å². The predicted molar refractivity (Wildman–Crippen MR) is 201 cm³/mol. The van der Waals surface area contributed by atoms with Crippen LogP contribution in [0.4, 0.5) is 5.69 Å². The number of carboxylic acid groups (broad SMARTS) is 1. The molecule has 4 heterocycles. The second kappa shape index (κ2) is 14.8. The number of aliphatic carboxylic acids is 1. The zero-order valence-electron chi connectivity index (χ0n) is 31.2. The molecule has 1 aromatic heterocycles. The number of anilines is 1. The number of aryl methyl sites for hydroxylation is 2. The Morgan fingerprint density at radius 1 is 0.839 bits per heavy atom. The van der Waals surface area contributed by atoms with E-state index in [4.69, 9.17) is 9.84 Å². The largest absolute Gasteiger partial charge is 0.748 e. The van der Waals surface area contributed by atoms with E-state index in [9.17, 15) is 43.7 Å². The van der Waals surface area contributed by atoms with E-state index in [-0.39, 0.29) is 30.5 Å². The van der Waals surface area contributed by atoms with Crippen molar-refractivity contribution < 1.29 is 63.1 Å². The third-order valence-corrected chi connectivity index (χ3v) is 11.7. The number of benzene rings is 2. The van der Waals surface area contributed by atoms with Crippen LogP contribution < -0.4 is 30.2 Å². The number of carboxylic acids is 1. The van der Waals surface area contributed by atoms with E-state index < -0.39 is 64.7 Å². The second-order valence-electron chi connectivity index (χ2n) is 15.5. The van der Waals surface area contributed by atoms with Gasteiger partial charge < -0.3 is 28.8 Å². The molecule has 2 aromatic carbocycles. The Morgan fingerprint density at radius 3 is 2.16 bits per heavy atom. The number of hydrogen-bond donors (Lipinski definition) is 3. The first-order chi connectivity index (χ1) is 25.9. The molecule has 0 saturated heterocycles. The molecule has 0 amide bonds. The molecule has 3 aliphatic heterocycles. The molecule has 56 heavy (non-hydrogen) atoms. The summed E-state index contributed by atoms with van der Waals surface area (Å²) in [5, 5.41) is 13.5. The molecule has 19 heteroatoms. The van der Waals surface area contributed by atoms with Gasteiger partial charge in [-0.05, 0) is 68.9 Å². The second-order valence-corrected chi connectivity index (χ2v) is 19.9. The molecule has 6 rings (SSSR count). The summed E-state index contributed by atoms with van der Waals surface area (Å²) in [5.41, 5.74) is 1.32. The van der Waals surface area contributed by atoms with Crippen LogP contribution in [-0.4, -0.2) is 82.9 Å². The number of nitrogens with one attached hydrogen (secondary N) is 2. The highest BCUT2D eigenvalue weighted by Crippen LogP contribution is 2.44. The van der Waals surface area contributed by atoms with Crippen LogP contribution >= 0.6 is 0 Å². The molecule has 0 aliphatic carbocycles. The first-order valence-corrected chi connectivity index (χ1v) is 22.6. The number of fused-ring (bicyclic) bond motifs is 4. The minimum absolute atomic E-state index is 0.00651. The van der Waals surface area contributed by atoms with Crippen LogP contribution in [0.3, 0.4) is 0 Å². The van der Waals surface area contributed by atoms with Crippen molar-refractivity contribution in [1.29, 1.82) is 0 Å². The van der Waals surface area contributed by atoms with E-state index in [1.165, 1.54) is 0 Å². The lowest BCUT2D eigenvalue weighted by molar-refractivity contribution is -0.698. The van der Waals surface area contributed by atoms with Crippen LogP contribution in [-0.2, 0) is 48.2 Å². The fraction of sp³-hybridized carbons (Fsp3) is 0.432. The molecule has 0 spiro atoms. The Kier molecular flexibility index (Phi) is 10.9. The Bertz CT molecular complexity index is 2660. The predicted octanol–water partition coefficient (Wildman–Crippen LogP) is 0.263. The zero-order valence-corrected chi connectivity index (χ0v) is 33.7. The SMILES string of the molecule is CC1(C)C=C(CS(=O)(=O)[O-])c2cc3c(cc2N1)Oc1cc2c(cc1=C3c1n(CCCCCC(=O)O)cc[n+]1CCCS(=O)(=O)[O-])C(CS(=O)(=O)[O-])=CC(C)(C)[NH+]=2. The van der Waals surface area contributed by atoms with Crippen molar-refractivity contribution in [3.63, 3.8) is 0 Å². The molecule has 3 aliphatic rings. The smallest absolute Gasteiger partial charge is 0.303 e.